The Morgan fingerprint density at radius 3 is 2.44 bits per heavy atom. The molecule has 1 fully saturated rings. The molecule has 96 valence electrons. The van der Waals surface area contributed by atoms with Gasteiger partial charge in [-0.25, -0.2) is 4.39 Å². The van der Waals surface area contributed by atoms with Crippen LogP contribution < -0.4 is 0 Å². The fourth-order valence-electron chi connectivity index (χ4n) is 1.63. The first-order valence-corrected chi connectivity index (χ1v) is 9.13. The van der Waals surface area contributed by atoms with E-state index in [4.69, 9.17) is 4.43 Å². The highest BCUT2D eigenvalue weighted by molar-refractivity contribution is 6.74. The summed E-state index contributed by atoms with van der Waals surface area (Å²) >= 11 is 0. The van der Waals surface area contributed by atoms with Gasteiger partial charge in [0.15, 0.2) is 8.32 Å². The topological polar surface area (TPSA) is 12.5 Å². The molecule has 0 aromatic rings. The zero-order valence-corrected chi connectivity index (χ0v) is 12.3. The highest BCUT2D eigenvalue weighted by Crippen LogP contribution is 2.36. The van der Waals surface area contributed by atoms with Crippen LogP contribution >= 0.6 is 0 Å². The fraction of sp³-hybridized carbons (Fsp3) is 1.00. The van der Waals surface area contributed by atoms with E-state index in [1.165, 1.54) is 0 Å². The predicted octanol–water partition coefficient (Wildman–Crippen LogP) is 3.05. The lowest BCUT2D eigenvalue weighted by Crippen LogP contribution is -2.42. The maximum Gasteiger partial charge on any atom is 0.192 e. The van der Waals surface area contributed by atoms with Gasteiger partial charge in [-0.3, -0.25) is 4.90 Å². The van der Waals surface area contributed by atoms with E-state index in [-0.39, 0.29) is 5.04 Å². The lowest BCUT2D eigenvalue weighted by atomic mass is 10.2. The smallest absolute Gasteiger partial charge is 0.192 e. The van der Waals surface area contributed by atoms with E-state index in [0.29, 0.717) is 13.0 Å². The van der Waals surface area contributed by atoms with Crippen molar-refractivity contribution in [3.63, 3.8) is 0 Å². The van der Waals surface area contributed by atoms with Crippen molar-refractivity contribution in [1.82, 2.24) is 4.90 Å². The van der Waals surface area contributed by atoms with Gasteiger partial charge in [0.1, 0.15) is 6.17 Å². The standard InChI is InChI=1S/C12H26FNOSi/c1-12(2,3)16(4,5)15-9-8-14-7-6-11(13)10-14/h11H,6-10H2,1-5H3/t11-/m1/s1. The summed E-state index contributed by atoms with van der Waals surface area (Å²) in [5.74, 6) is 0. The van der Waals surface area contributed by atoms with Gasteiger partial charge in [0.2, 0.25) is 0 Å². The molecule has 0 aromatic carbocycles. The van der Waals surface area contributed by atoms with Crippen LogP contribution in [0, 0.1) is 0 Å². The molecule has 0 aliphatic carbocycles. The molecule has 0 saturated carbocycles. The van der Waals surface area contributed by atoms with Gasteiger partial charge in [-0.05, 0) is 24.6 Å². The monoisotopic (exact) mass is 247 g/mol. The van der Waals surface area contributed by atoms with Crippen molar-refractivity contribution >= 4 is 8.32 Å². The van der Waals surface area contributed by atoms with Gasteiger partial charge >= 0.3 is 0 Å². The zero-order valence-electron chi connectivity index (χ0n) is 11.3. The van der Waals surface area contributed by atoms with Crippen molar-refractivity contribution in [2.24, 2.45) is 0 Å². The Kier molecular flexibility index (Phi) is 4.55. The lowest BCUT2D eigenvalue weighted by Gasteiger charge is -2.36. The summed E-state index contributed by atoms with van der Waals surface area (Å²) < 4.78 is 19.0. The molecule has 1 saturated heterocycles. The first-order valence-electron chi connectivity index (χ1n) is 6.23. The van der Waals surface area contributed by atoms with Crippen LogP contribution in [-0.4, -0.2) is 45.6 Å². The van der Waals surface area contributed by atoms with E-state index < -0.39 is 14.5 Å². The average Bonchev–Trinajstić information content (AvgIpc) is 2.49. The third-order valence-electron chi connectivity index (χ3n) is 3.89. The van der Waals surface area contributed by atoms with Crippen LogP contribution in [0.15, 0.2) is 0 Å². The number of nitrogens with zero attached hydrogens (tertiary/aromatic N) is 1. The largest absolute Gasteiger partial charge is 0.416 e. The molecular weight excluding hydrogens is 221 g/mol. The molecule has 1 aliphatic rings. The van der Waals surface area contributed by atoms with Gasteiger partial charge in [0.05, 0.1) is 0 Å². The maximum absolute atomic E-state index is 13.0. The molecule has 1 atom stereocenters. The minimum absolute atomic E-state index is 0.265. The van der Waals surface area contributed by atoms with E-state index in [9.17, 15) is 4.39 Å². The Labute approximate surface area is 100 Å². The minimum Gasteiger partial charge on any atom is -0.416 e. The fourth-order valence-corrected chi connectivity index (χ4v) is 2.67. The highest BCUT2D eigenvalue weighted by atomic mass is 28.4. The van der Waals surface area contributed by atoms with E-state index in [1.807, 2.05) is 0 Å². The van der Waals surface area contributed by atoms with Gasteiger partial charge in [-0.15, -0.1) is 0 Å². The molecule has 1 rings (SSSR count). The van der Waals surface area contributed by atoms with Gasteiger partial charge < -0.3 is 4.43 Å². The molecule has 4 heteroatoms. The van der Waals surface area contributed by atoms with Crippen LogP contribution in [-0.2, 0) is 4.43 Å². The molecular formula is C12H26FNOSi. The Balaban J connectivity index is 2.25. The highest BCUT2D eigenvalue weighted by Gasteiger charge is 2.37. The lowest BCUT2D eigenvalue weighted by molar-refractivity contribution is 0.212. The Morgan fingerprint density at radius 1 is 1.38 bits per heavy atom. The van der Waals surface area contributed by atoms with Crippen LogP contribution in [0.4, 0.5) is 4.39 Å². The van der Waals surface area contributed by atoms with Crippen LogP contribution in [0.1, 0.15) is 27.2 Å². The molecule has 2 nitrogen and oxygen atoms in total. The van der Waals surface area contributed by atoms with Crippen LogP contribution in [0.25, 0.3) is 0 Å². The normalized spacial score (nSPS) is 24.0. The maximum atomic E-state index is 13.0. The first kappa shape index (κ1) is 14.1. The van der Waals surface area contributed by atoms with Crippen molar-refractivity contribution in [2.75, 3.05) is 26.2 Å². The van der Waals surface area contributed by atoms with Crippen molar-refractivity contribution in [3.8, 4) is 0 Å². The molecule has 1 aliphatic heterocycles. The van der Waals surface area contributed by atoms with Crippen molar-refractivity contribution in [1.29, 1.82) is 0 Å². The molecule has 0 bridgehead atoms. The molecule has 0 amide bonds. The second-order valence-electron chi connectivity index (χ2n) is 6.30. The van der Waals surface area contributed by atoms with E-state index in [1.54, 1.807) is 0 Å². The van der Waals surface area contributed by atoms with E-state index in [2.05, 4.69) is 38.8 Å². The number of alkyl halides is 1. The van der Waals surface area contributed by atoms with Crippen LogP contribution in [0.3, 0.4) is 0 Å². The van der Waals surface area contributed by atoms with E-state index >= 15 is 0 Å². The Bertz CT molecular complexity index is 228. The van der Waals surface area contributed by atoms with Crippen LogP contribution in [0.5, 0.6) is 0 Å². The Morgan fingerprint density at radius 2 is 2.00 bits per heavy atom. The summed E-state index contributed by atoms with van der Waals surface area (Å²) in [6.07, 6.45) is 0.0768. The van der Waals surface area contributed by atoms with E-state index in [0.717, 1.165) is 19.7 Å². The van der Waals surface area contributed by atoms with Gasteiger partial charge in [-0.2, -0.15) is 0 Å². The second-order valence-corrected chi connectivity index (χ2v) is 11.1. The quantitative estimate of drug-likeness (QED) is 0.708. The number of halogens is 1. The third kappa shape index (κ3) is 3.82. The molecule has 0 radical (unpaired) electrons. The molecule has 1 heterocycles. The molecule has 0 unspecified atom stereocenters. The van der Waals surface area contributed by atoms with Crippen molar-refractivity contribution < 1.29 is 8.82 Å². The predicted molar refractivity (Wildman–Crippen MR) is 69.1 cm³/mol. The SMILES string of the molecule is CC(C)(C)[Si](C)(C)OCCN1CC[C@@H](F)C1. The minimum atomic E-state index is -1.61. The third-order valence-corrected chi connectivity index (χ3v) is 8.43. The number of rotatable bonds is 4. The molecule has 0 N–H and O–H groups in total. The summed E-state index contributed by atoms with van der Waals surface area (Å²) in [6.45, 7) is 14.4. The summed E-state index contributed by atoms with van der Waals surface area (Å²) in [5, 5.41) is 0.265. The Hall–Kier alpha value is 0.0669. The molecule has 0 aromatic heterocycles. The van der Waals surface area contributed by atoms with Gasteiger partial charge in [-0.1, -0.05) is 20.8 Å². The summed E-state index contributed by atoms with van der Waals surface area (Å²) in [7, 11) is -1.61. The van der Waals surface area contributed by atoms with Crippen molar-refractivity contribution in [3.05, 3.63) is 0 Å². The number of hydrogen-bond acceptors (Lipinski definition) is 2. The second kappa shape index (κ2) is 5.15. The average molecular weight is 247 g/mol. The van der Waals surface area contributed by atoms with Crippen molar-refractivity contribution in [2.45, 2.75) is 51.5 Å². The van der Waals surface area contributed by atoms with Gasteiger partial charge in [0.25, 0.3) is 0 Å². The first-order chi connectivity index (χ1) is 7.22. The molecule has 16 heavy (non-hydrogen) atoms. The van der Waals surface area contributed by atoms with Gasteiger partial charge in [0, 0.05) is 26.2 Å². The summed E-state index contributed by atoms with van der Waals surface area (Å²) in [6, 6.07) is 0. The summed E-state index contributed by atoms with van der Waals surface area (Å²) in [4.78, 5) is 2.16. The molecule has 0 spiro atoms. The number of hydrogen-bond donors (Lipinski definition) is 0. The summed E-state index contributed by atoms with van der Waals surface area (Å²) in [5.41, 5.74) is 0. The zero-order chi connectivity index (χ0) is 12.4. The number of likely N-dealkylation sites (tertiary alicyclic amines) is 1. The van der Waals surface area contributed by atoms with Crippen LogP contribution in [0.2, 0.25) is 18.1 Å².